The van der Waals surface area contributed by atoms with Crippen LogP contribution < -0.4 is 11.2 Å². The summed E-state index contributed by atoms with van der Waals surface area (Å²) < 4.78 is 36.2. The first-order chi connectivity index (χ1) is 13.8. The third-order valence-electron chi connectivity index (χ3n) is 4.40. The minimum Gasteiger partial charge on any atom is -0.456 e. The number of alkyl halides is 1. The van der Waals surface area contributed by atoms with Crippen molar-refractivity contribution < 1.29 is 32.9 Å². The van der Waals surface area contributed by atoms with Gasteiger partial charge in [-0.05, 0) is 12.1 Å². The van der Waals surface area contributed by atoms with Crippen molar-refractivity contribution in [1.82, 2.24) is 9.55 Å². The number of fused-ring (bicyclic) bond motifs is 1. The summed E-state index contributed by atoms with van der Waals surface area (Å²) in [6.07, 6.45) is -4.55. The lowest BCUT2D eigenvalue weighted by molar-refractivity contribution is -0.211. The molecule has 12 heteroatoms. The molecular weight excluding hydrogens is 415 g/mol. The average Bonchev–Trinajstić information content (AvgIpc) is 3.18. The molecule has 29 heavy (non-hydrogen) atoms. The molecule has 3 heterocycles. The number of ether oxygens (including phenoxy) is 4. The molecule has 4 atom stereocenters. The minimum absolute atomic E-state index is 0.000356. The Labute approximate surface area is 165 Å². The minimum atomic E-state index is -2.81. The van der Waals surface area contributed by atoms with Crippen LogP contribution in [0.1, 0.15) is 16.6 Å². The van der Waals surface area contributed by atoms with E-state index in [1.807, 2.05) is 4.98 Å². The SMILES string of the molecule is O=C1O[C@H]2[C@H](n3ccc(=O)[nH]c3=O)O[C@](F)(COC(=O)c3ccccc3Cl)[C@H]2O1. The number of hydrogen-bond donors (Lipinski definition) is 1. The molecule has 0 spiro atoms. The molecule has 1 N–H and O–H groups in total. The smallest absolute Gasteiger partial charge is 0.456 e. The number of halogens is 2. The van der Waals surface area contributed by atoms with E-state index in [1.54, 1.807) is 12.1 Å². The van der Waals surface area contributed by atoms with E-state index >= 15 is 4.39 Å². The first-order valence-corrected chi connectivity index (χ1v) is 8.63. The molecule has 0 unspecified atom stereocenters. The van der Waals surface area contributed by atoms with E-state index in [4.69, 9.17) is 30.5 Å². The number of esters is 1. The van der Waals surface area contributed by atoms with Gasteiger partial charge in [0.15, 0.2) is 18.9 Å². The number of nitrogens with zero attached hydrogens (tertiary/aromatic N) is 1. The quantitative estimate of drug-likeness (QED) is 0.721. The van der Waals surface area contributed by atoms with Crippen LogP contribution in [0.15, 0.2) is 46.1 Å². The summed E-state index contributed by atoms with van der Waals surface area (Å²) in [7, 11) is 0. The van der Waals surface area contributed by atoms with Gasteiger partial charge in [-0.15, -0.1) is 0 Å². The standard InChI is InChI=1S/C17H12ClFN2O8/c18-9-4-2-1-3-8(9)14(23)26-7-17(19)12-11(27-16(25)28-12)13(29-17)21-6-5-10(22)20-15(21)24/h1-6,11-13H,7H2,(H,20,22,24)/t11-,12+,13-,17-/m1/s1. The number of nitrogens with one attached hydrogen (secondary N) is 1. The molecule has 1 aromatic carbocycles. The molecule has 0 aliphatic carbocycles. The molecule has 2 saturated heterocycles. The first kappa shape index (κ1) is 19.2. The van der Waals surface area contributed by atoms with Crippen LogP contribution in [0.2, 0.25) is 5.02 Å². The lowest BCUT2D eigenvalue weighted by Gasteiger charge is -2.23. The summed E-state index contributed by atoms with van der Waals surface area (Å²) in [6, 6.07) is 6.99. The zero-order valence-electron chi connectivity index (χ0n) is 14.4. The molecule has 0 saturated carbocycles. The van der Waals surface area contributed by atoms with E-state index in [0.717, 1.165) is 16.8 Å². The van der Waals surface area contributed by atoms with Gasteiger partial charge < -0.3 is 18.9 Å². The molecule has 10 nitrogen and oxygen atoms in total. The van der Waals surface area contributed by atoms with Crippen LogP contribution in [-0.4, -0.2) is 46.3 Å². The molecule has 2 aromatic rings. The van der Waals surface area contributed by atoms with Gasteiger partial charge >= 0.3 is 17.8 Å². The van der Waals surface area contributed by atoms with E-state index in [1.165, 1.54) is 12.1 Å². The van der Waals surface area contributed by atoms with Gasteiger partial charge in [-0.1, -0.05) is 23.7 Å². The fraction of sp³-hybridized carbons (Fsp3) is 0.294. The molecule has 0 radical (unpaired) electrons. The zero-order chi connectivity index (χ0) is 20.8. The summed E-state index contributed by atoms with van der Waals surface area (Å²) in [6.45, 7) is -0.969. The highest BCUT2D eigenvalue weighted by Crippen LogP contribution is 2.44. The van der Waals surface area contributed by atoms with Gasteiger partial charge in [0.05, 0.1) is 10.6 Å². The van der Waals surface area contributed by atoms with E-state index in [9.17, 15) is 19.2 Å². The molecule has 2 aliphatic heterocycles. The van der Waals surface area contributed by atoms with Gasteiger partial charge in [0.1, 0.15) is 0 Å². The second-order valence-corrected chi connectivity index (χ2v) is 6.65. The van der Waals surface area contributed by atoms with Crippen LogP contribution >= 0.6 is 11.6 Å². The molecule has 152 valence electrons. The lowest BCUT2D eigenvalue weighted by Crippen LogP contribution is -2.43. The topological polar surface area (TPSA) is 126 Å². The number of aromatic nitrogens is 2. The average molecular weight is 427 g/mol. The van der Waals surface area contributed by atoms with Gasteiger partial charge in [0, 0.05) is 12.3 Å². The van der Waals surface area contributed by atoms with Gasteiger partial charge in [0.25, 0.3) is 11.4 Å². The van der Waals surface area contributed by atoms with Crippen LogP contribution in [0.4, 0.5) is 9.18 Å². The van der Waals surface area contributed by atoms with Gasteiger partial charge in [0.2, 0.25) is 6.10 Å². The third kappa shape index (κ3) is 3.38. The van der Waals surface area contributed by atoms with Crippen molar-refractivity contribution in [1.29, 1.82) is 0 Å². The maximum absolute atomic E-state index is 15.5. The molecule has 0 amide bonds. The van der Waals surface area contributed by atoms with Crippen LogP contribution in [0.5, 0.6) is 0 Å². The number of carbonyl (C=O) groups excluding carboxylic acids is 2. The van der Waals surface area contributed by atoms with Crippen LogP contribution in [-0.2, 0) is 18.9 Å². The number of hydrogen-bond acceptors (Lipinski definition) is 8. The van der Waals surface area contributed by atoms with Crippen molar-refractivity contribution in [2.45, 2.75) is 24.3 Å². The van der Waals surface area contributed by atoms with Gasteiger partial charge in [-0.3, -0.25) is 14.3 Å². The number of aromatic amines is 1. The fourth-order valence-electron chi connectivity index (χ4n) is 3.07. The van der Waals surface area contributed by atoms with E-state index in [2.05, 4.69) is 0 Å². The number of carbonyl (C=O) groups is 2. The highest BCUT2D eigenvalue weighted by Gasteiger charge is 2.65. The van der Waals surface area contributed by atoms with Crippen molar-refractivity contribution in [3.63, 3.8) is 0 Å². The largest absolute Gasteiger partial charge is 0.509 e. The van der Waals surface area contributed by atoms with Gasteiger partial charge in [-0.2, -0.15) is 0 Å². The second kappa shape index (κ2) is 7.01. The van der Waals surface area contributed by atoms with Crippen LogP contribution in [0, 0.1) is 0 Å². The first-order valence-electron chi connectivity index (χ1n) is 8.25. The van der Waals surface area contributed by atoms with Gasteiger partial charge in [-0.25, -0.2) is 18.8 Å². The predicted octanol–water partition coefficient (Wildman–Crippen LogP) is 1.15. The Morgan fingerprint density at radius 1 is 1.24 bits per heavy atom. The monoisotopic (exact) mass is 426 g/mol. The van der Waals surface area contributed by atoms with Crippen molar-refractivity contribution in [2.24, 2.45) is 0 Å². The van der Waals surface area contributed by atoms with Crippen molar-refractivity contribution in [3.8, 4) is 0 Å². The molecule has 2 aliphatic rings. The highest BCUT2D eigenvalue weighted by molar-refractivity contribution is 6.33. The Morgan fingerprint density at radius 2 is 2.00 bits per heavy atom. The number of rotatable bonds is 4. The Hall–Kier alpha value is -3.18. The Bertz CT molecular complexity index is 1100. The van der Waals surface area contributed by atoms with Crippen molar-refractivity contribution >= 4 is 23.7 Å². The van der Waals surface area contributed by atoms with Crippen molar-refractivity contribution in [3.05, 3.63) is 68.0 Å². The maximum Gasteiger partial charge on any atom is 0.509 e. The summed E-state index contributed by atoms with van der Waals surface area (Å²) in [5, 5.41) is 0.101. The number of H-pyrrole nitrogens is 1. The van der Waals surface area contributed by atoms with E-state index in [0.29, 0.717) is 0 Å². The number of benzene rings is 1. The molecule has 1 aromatic heterocycles. The second-order valence-electron chi connectivity index (χ2n) is 6.24. The molecular formula is C17H12ClFN2O8. The Balaban J connectivity index is 1.59. The van der Waals surface area contributed by atoms with E-state index in [-0.39, 0.29) is 10.6 Å². The summed E-state index contributed by atoms with van der Waals surface area (Å²) in [5.74, 6) is -3.74. The Kier molecular flexibility index (Phi) is 4.63. The predicted molar refractivity (Wildman–Crippen MR) is 92.2 cm³/mol. The molecule has 4 rings (SSSR count). The zero-order valence-corrected chi connectivity index (χ0v) is 15.1. The van der Waals surface area contributed by atoms with E-state index < -0.39 is 54.3 Å². The highest BCUT2D eigenvalue weighted by atomic mass is 35.5. The van der Waals surface area contributed by atoms with Crippen molar-refractivity contribution in [2.75, 3.05) is 6.61 Å². The summed E-state index contributed by atoms with van der Waals surface area (Å²) >= 11 is 5.91. The summed E-state index contributed by atoms with van der Waals surface area (Å²) in [4.78, 5) is 49.0. The third-order valence-corrected chi connectivity index (χ3v) is 4.73. The van der Waals surface area contributed by atoms with Crippen LogP contribution in [0.25, 0.3) is 0 Å². The molecule has 2 fully saturated rings. The van der Waals surface area contributed by atoms with Crippen LogP contribution in [0.3, 0.4) is 0 Å². The molecule has 0 bridgehead atoms. The fourth-order valence-corrected chi connectivity index (χ4v) is 3.29. The lowest BCUT2D eigenvalue weighted by atomic mass is 10.1. The summed E-state index contributed by atoms with van der Waals surface area (Å²) in [5.41, 5.74) is -1.59. The normalized spacial score (nSPS) is 27.8. The maximum atomic E-state index is 15.5. The Morgan fingerprint density at radius 3 is 2.72 bits per heavy atom.